The molecule has 7 nitrogen and oxygen atoms in total. The van der Waals surface area contributed by atoms with Crippen molar-refractivity contribution >= 4 is 28.1 Å². The van der Waals surface area contributed by atoms with Crippen LogP contribution in [0.25, 0.3) is 6.08 Å². The van der Waals surface area contributed by atoms with Gasteiger partial charge in [0.1, 0.15) is 11.3 Å². The minimum Gasteiger partial charge on any atom is -0.434 e. The fourth-order valence-corrected chi connectivity index (χ4v) is 3.32. The Morgan fingerprint density at radius 1 is 1.09 bits per heavy atom. The van der Waals surface area contributed by atoms with E-state index in [0.29, 0.717) is 12.1 Å². The molecule has 0 aromatic heterocycles. The lowest BCUT2D eigenvalue weighted by atomic mass is 10.0. The summed E-state index contributed by atoms with van der Waals surface area (Å²) < 4.78 is 120. The molecule has 0 unspecified atom stereocenters. The molecule has 0 amide bonds. The van der Waals surface area contributed by atoms with E-state index in [-0.39, 0.29) is 11.1 Å². The minimum absolute atomic E-state index is 0.112. The quantitative estimate of drug-likeness (QED) is 0.142. The molecule has 0 heterocycles. The summed E-state index contributed by atoms with van der Waals surface area (Å²) in [6.07, 6.45) is -8.77. The number of alkyl halides is 6. The van der Waals surface area contributed by atoms with Crippen molar-refractivity contribution in [2.45, 2.75) is 24.9 Å². The number of aryl methyl sites for hydroxylation is 1. The van der Waals surface area contributed by atoms with Gasteiger partial charge in [0.2, 0.25) is 0 Å². The second-order valence-electron chi connectivity index (χ2n) is 6.33. The second kappa shape index (κ2) is 9.79. The molecule has 0 atom stereocenters. The molecular formula is C19H16F6O7S. The summed E-state index contributed by atoms with van der Waals surface area (Å²) in [5.74, 6) is -7.41. The molecule has 0 aliphatic rings. The molecule has 0 spiro atoms. The molecule has 33 heavy (non-hydrogen) atoms. The maximum absolute atomic E-state index is 13.5. The van der Waals surface area contributed by atoms with Gasteiger partial charge in [0.05, 0.1) is 0 Å². The molecule has 1 aromatic rings. The maximum Gasteiger partial charge on any atom is 0.438 e. The third kappa shape index (κ3) is 6.44. The fraction of sp³-hybridized carbons (Fsp3) is 0.263. The highest BCUT2D eigenvalue weighted by atomic mass is 32.2. The van der Waals surface area contributed by atoms with Crippen LogP contribution in [-0.2, 0) is 19.6 Å². The monoisotopic (exact) mass is 502 g/mol. The summed E-state index contributed by atoms with van der Waals surface area (Å²) in [5, 5.41) is 0. The maximum atomic E-state index is 13.5. The number of rotatable bonds is 8. The van der Waals surface area contributed by atoms with Crippen molar-refractivity contribution in [3.05, 3.63) is 60.2 Å². The molecule has 0 aliphatic carbocycles. The van der Waals surface area contributed by atoms with E-state index in [4.69, 9.17) is 9.29 Å². The largest absolute Gasteiger partial charge is 0.438 e. The van der Waals surface area contributed by atoms with Crippen LogP contribution in [0.15, 0.2) is 43.5 Å². The van der Waals surface area contributed by atoms with E-state index in [1.54, 1.807) is 0 Å². The number of esters is 2. The van der Waals surface area contributed by atoms with Gasteiger partial charge in [-0.1, -0.05) is 37.5 Å². The molecule has 0 saturated heterocycles. The van der Waals surface area contributed by atoms with Crippen LogP contribution in [-0.4, -0.2) is 48.6 Å². The average molecular weight is 502 g/mol. The van der Waals surface area contributed by atoms with Gasteiger partial charge in [0, 0.05) is 11.6 Å². The number of ether oxygens (including phenoxy) is 2. The van der Waals surface area contributed by atoms with Crippen LogP contribution in [0.5, 0.6) is 5.75 Å². The van der Waals surface area contributed by atoms with Gasteiger partial charge in [0.15, 0.2) is 5.75 Å². The first-order valence-electron chi connectivity index (χ1n) is 8.49. The first-order chi connectivity index (χ1) is 14.9. The molecule has 182 valence electrons. The number of allylic oxidation sites excluding steroid dienone is 2. The lowest BCUT2D eigenvalue weighted by molar-refractivity contribution is -0.356. The predicted molar refractivity (Wildman–Crippen MR) is 103 cm³/mol. The van der Waals surface area contributed by atoms with Gasteiger partial charge in [-0.25, -0.2) is 9.59 Å². The first kappa shape index (κ1) is 27.9. The van der Waals surface area contributed by atoms with Crippen LogP contribution in [0.1, 0.15) is 21.5 Å². The molecule has 0 radical (unpaired) electrons. The Morgan fingerprint density at radius 2 is 1.64 bits per heavy atom. The molecular weight excluding hydrogens is 486 g/mol. The number of hydrogen-bond donors (Lipinski definition) is 1. The number of hydrogen-bond acceptors (Lipinski definition) is 6. The van der Waals surface area contributed by atoms with Crippen molar-refractivity contribution in [2.75, 3.05) is 5.75 Å². The Balaban J connectivity index is 3.82. The van der Waals surface area contributed by atoms with E-state index in [9.17, 15) is 44.3 Å². The highest BCUT2D eigenvalue weighted by Crippen LogP contribution is 2.47. The van der Waals surface area contributed by atoms with Crippen LogP contribution in [0, 0.1) is 6.92 Å². The summed E-state index contributed by atoms with van der Waals surface area (Å²) in [5.41, 5.74) is -6.55. The first-order valence-corrected chi connectivity index (χ1v) is 10.1. The Hall–Kier alpha value is -3.13. The van der Waals surface area contributed by atoms with Crippen molar-refractivity contribution in [3.63, 3.8) is 0 Å². The summed E-state index contributed by atoms with van der Waals surface area (Å²) in [7, 11) is -5.97. The zero-order valence-electron chi connectivity index (χ0n) is 16.7. The van der Waals surface area contributed by atoms with Crippen molar-refractivity contribution in [1.82, 2.24) is 0 Å². The SMILES string of the molecule is C=C/C=C\c1c(C)ccc(C(=O)OC(CS(=O)(=O)O)(C(F)(F)F)C(F)(F)F)c1OC(=O)C=C. The van der Waals surface area contributed by atoms with Gasteiger partial charge in [-0.05, 0) is 18.6 Å². The van der Waals surface area contributed by atoms with Gasteiger partial charge < -0.3 is 9.47 Å². The molecule has 14 heteroatoms. The van der Waals surface area contributed by atoms with E-state index >= 15 is 0 Å². The zero-order chi connectivity index (χ0) is 25.8. The van der Waals surface area contributed by atoms with E-state index in [1.807, 2.05) is 0 Å². The molecule has 1 aromatic carbocycles. The van der Waals surface area contributed by atoms with E-state index in [0.717, 1.165) is 6.07 Å². The highest BCUT2D eigenvalue weighted by molar-refractivity contribution is 7.85. The highest BCUT2D eigenvalue weighted by Gasteiger charge is 2.76. The second-order valence-corrected chi connectivity index (χ2v) is 7.78. The summed E-state index contributed by atoms with van der Waals surface area (Å²) in [4.78, 5) is 24.2. The van der Waals surface area contributed by atoms with Gasteiger partial charge in [-0.2, -0.15) is 34.8 Å². The summed E-state index contributed by atoms with van der Waals surface area (Å²) in [6, 6.07) is 1.80. The summed E-state index contributed by atoms with van der Waals surface area (Å²) >= 11 is 0. The molecule has 0 bridgehead atoms. The van der Waals surface area contributed by atoms with Gasteiger partial charge in [-0.3, -0.25) is 4.55 Å². The minimum atomic E-state index is -6.52. The van der Waals surface area contributed by atoms with Crippen LogP contribution in [0.2, 0.25) is 0 Å². The predicted octanol–water partition coefficient (Wildman–Crippen LogP) is 4.19. The van der Waals surface area contributed by atoms with Crippen molar-refractivity contribution in [2.24, 2.45) is 0 Å². The molecule has 0 saturated carbocycles. The molecule has 0 aliphatic heterocycles. The van der Waals surface area contributed by atoms with Crippen LogP contribution in [0.4, 0.5) is 26.3 Å². The number of halogens is 6. The number of benzene rings is 1. The molecule has 0 fully saturated rings. The lowest BCUT2D eigenvalue weighted by Gasteiger charge is -2.35. The summed E-state index contributed by atoms with van der Waals surface area (Å²) in [6.45, 7) is 7.88. The fourth-order valence-electron chi connectivity index (χ4n) is 2.42. The topological polar surface area (TPSA) is 107 Å². The van der Waals surface area contributed by atoms with E-state index in [2.05, 4.69) is 17.9 Å². The number of carbonyl (C=O) groups excluding carboxylic acids is 2. The zero-order valence-corrected chi connectivity index (χ0v) is 17.5. The number of carbonyl (C=O) groups is 2. The van der Waals surface area contributed by atoms with Gasteiger partial charge >= 0.3 is 29.9 Å². The Labute approximate surface area is 183 Å². The smallest absolute Gasteiger partial charge is 0.434 e. The third-order valence-corrected chi connectivity index (χ3v) is 4.74. The standard InChI is InChI=1S/C19H16F6O7S/c1-4-6-7-12-11(3)8-9-13(15(12)31-14(26)5-2)16(27)32-17(18(20,21)22,19(23,24)25)10-33(28,29)30/h4-9H,1-2,10H2,3H3,(H,28,29,30)/b7-6-. The normalized spacial score (nSPS) is 13.0. The Kier molecular flexibility index (Phi) is 8.27. The van der Waals surface area contributed by atoms with Crippen LogP contribution < -0.4 is 4.74 Å². The Bertz CT molecular complexity index is 1070. The van der Waals surface area contributed by atoms with Crippen molar-refractivity contribution in [3.8, 4) is 5.75 Å². The lowest BCUT2D eigenvalue weighted by Crippen LogP contribution is -2.63. The van der Waals surface area contributed by atoms with Gasteiger partial charge in [-0.15, -0.1) is 0 Å². The third-order valence-electron chi connectivity index (χ3n) is 3.97. The van der Waals surface area contributed by atoms with E-state index in [1.165, 1.54) is 25.2 Å². The molecule has 1 N–H and O–H groups in total. The Morgan fingerprint density at radius 3 is 2.06 bits per heavy atom. The van der Waals surface area contributed by atoms with Crippen molar-refractivity contribution < 1.29 is 58.4 Å². The van der Waals surface area contributed by atoms with Crippen LogP contribution in [0.3, 0.4) is 0 Å². The molecule has 1 rings (SSSR count). The average Bonchev–Trinajstić information content (AvgIpc) is 2.64. The van der Waals surface area contributed by atoms with E-state index < -0.39 is 57.1 Å². The van der Waals surface area contributed by atoms with Crippen molar-refractivity contribution in [1.29, 1.82) is 0 Å². The van der Waals surface area contributed by atoms with Crippen LogP contribution >= 0.6 is 0 Å². The van der Waals surface area contributed by atoms with Gasteiger partial charge in [0.25, 0.3) is 10.1 Å².